The van der Waals surface area contributed by atoms with Crippen molar-refractivity contribution in [1.82, 2.24) is 9.16 Å². The van der Waals surface area contributed by atoms with Crippen molar-refractivity contribution in [1.29, 1.82) is 0 Å². The number of carbonyl (C=O) groups is 1. The predicted molar refractivity (Wildman–Crippen MR) is 38.7 cm³/mol. The molecule has 1 aliphatic rings. The fourth-order valence-corrected chi connectivity index (χ4v) is 0.908. The second-order valence-corrected chi connectivity index (χ2v) is 2.52. The van der Waals surface area contributed by atoms with Crippen LogP contribution in [0.3, 0.4) is 0 Å². The minimum absolute atomic E-state index is 0.170. The molecule has 0 aliphatic carbocycles. The maximum atomic E-state index is 10.9. The van der Waals surface area contributed by atoms with E-state index in [9.17, 15) is 4.79 Å². The van der Waals surface area contributed by atoms with Crippen LogP contribution in [0.5, 0.6) is 0 Å². The molecule has 0 aromatic carbocycles. The van der Waals surface area contributed by atoms with Gasteiger partial charge in [0.1, 0.15) is 0 Å². The Morgan fingerprint density at radius 2 is 2.50 bits per heavy atom. The van der Waals surface area contributed by atoms with Crippen molar-refractivity contribution < 1.29 is 14.9 Å². The minimum atomic E-state index is -1.20. The molecule has 0 saturated carbocycles. The third kappa shape index (κ3) is 1.53. The fraction of sp³-hybridized carbons (Fsp3) is 0.333. The molecule has 1 atom stereocenters. The van der Waals surface area contributed by atoms with Crippen LogP contribution in [0.4, 0.5) is 0 Å². The zero-order valence-corrected chi connectivity index (χ0v) is 7.03. The zero-order valence-electron chi connectivity index (χ0n) is 5.52. The van der Waals surface area contributed by atoms with E-state index < -0.39 is 11.9 Å². The third-order valence-electron chi connectivity index (χ3n) is 1.12. The van der Waals surface area contributed by atoms with Crippen LogP contribution in [0, 0.1) is 0 Å². The number of nitrogens with zero attached hydrogens (tertiary/aromatic N) is 3. The van der Waals surface area contributed by atoms with Gasteiger partial charge in [0.15, 0.2) is 5.84 Å². The summed E-state index contributed by atoms with van der Waals surface area (Å²) in [6.45, 7) is 0. The van der Waals surface area contributed by atoms with Gasteiger partial charge in [0.2, 0.25) is 6.04 Å². The molecular weight excluding hydrogens is 211 g/mol. The molecule has 1 rings (SSSR count). The van der Waals surface area contributed by atoms with Gasteiger partial charge in [-0.05, 0) is 9.74 Å². The van der Waals surface area contributed by atoms with E-state index in [4.69, 9.17) is 34.5 Å². The summed E-state index contributed by atoms with van der Waals surface area (Å²) in [4.78, 5) is 15.2. The van der Waals surface area contributed by atoms with Gasteiger partial charge in [-0.1, -0.05) is 0 Å². The highest BCUT2D eigenvalue weighted by Gasteiger charge is 2.38. The van der Waals surface area contributed by atoms with Crippen LogP contribution < -0.4 is 5.73 Å². The average Bonchev–Trinajstić information content (AvgIpc) is 2.30. The molecule has 68 valence electrons. The van der Waals surface area contributed by atoms with Gasteiger partial charge in [0.25, 0.3) is 5.91 Å². The second-order valence-electron chi connectivity index (χ2n) is 1.87. The summed E-state index contributed by atoms with van der Waals surface area (Å²) in [7, 11) is 0. The number of halogens is 2. The molecule has 0 fully saturated rings. The molecule has 1 heterocycles. The Labute approximate surface area is 77.0 Å². The number of amides is 1. The molecular formula is C3H4Cl2N4O3. The highest BCUT2D eigenvalue weighted by molar-refractivity contribution is 6.26. The fourth-order valence-electron chi connectivity index (χ4n) is 0.601. The van der Waals surface area contributed by atoms with Crippen molar-refractivity contribution in [2.45, 2.75) is 6.04 Å². The van der Waals surface area contributed by atoms with Crippen LogP contribution >= 0.6 is 23.6 Å². The Bertz CT molecular complexity index is 232. The molecule has 0 radical (unpaired) electrons. The number of hydrogen-bond acceptors (Lipinski definition) is 6. The first-order chi connectivity index (χ1) is 5.54. The lowest BCUT2D eigenvalue weighted by Gasteiger charge is -2.13. The quantitative estimate of drug-likeness (QED) is 0.346. The predicted octanol–water partition coefficient (Wildman–Crippen LogP) is -0.600. The monoisotopic (exact) mass is 214 g/mol. The second kappa shape index (κ2) is 3.31. The van der Waals surface area contributed by atoms with E-state index in [1.54, 1.807) is 0 Å². The lowest BCUT2D eigenvalue weighted by molar-refractivity contribution is -0.157. The van der Waals surface area contributed by atoms with Crippen molar-refractivity contribution in [3.8, 4) is 0 Å². The minimum Gasteiger partial charge on any atom is -0.382 e. The van der Waals surface area contributed by atoms with Gasteiger partial charge in [0.05, 0.1) is 0 Å². The van der Waals surface area contributed by atoms with Crippen LogP contribution in [0.15, 0.2) is 5.16 Å². The van der Waals surface area contributed by atoms with E-state index in [0.717, 1.165) is 0 Å². The Kier molecular flexibility index (Phi) is 2.58. The Morgan fingerprint density at radius 3 is 2.83 bits per heavy atom. The van der Waals surface area contributed by atoms with Crippen molar-refractivity contribution >= 4 is 35.3 Å². The van der Waals surface area contributed by atoms with Crippen molar-refractivity contribution in [2.75, 3.05) is 0 Å². The largest absolute Gasteiger partial charge is 0.382 e. The number of hydrogen-bond donors (Lipinski definition) is 2. The van der Waals surface area contributed by atoms with Gasteiger partial charge in [-0.3, -0.25) is 14.9 Å². The summed E-state index contributed by atoms with van der Waals surface area (Å²) in [5.74, 6) is -1.14. The average molecular weight is 215 g/mol. The molecule has 12 heavy (non-hydrogen) atoms. The van der Waals surface area contributed by atoms with Crippen LogP contribution in [-0.2, 0) is 9.73 Å². The molecule has 3 N–H and O–H groups in total. The SMILES string of the molecule is NC1=NON(Cl)C1C(=O)N(O)Cl. The highest BCUT2D eigenvalue weighted by Crippen LogP contribution is 2.14. The molecule has 0 spiro atoms. The first kappa shape index (κ1) is 9.33. The van der Waals surface area contributed by atoms with Crippen molar-refractivity contribution in [2.24, 2.45) is 10.9 Å². The molecule has 1 amide bonds. The first-order valence-corrected chi connectivity index (χ1v) is 3.35. The summed E-state index contributed by atoms with van der Waals surface area (Å²) in [6, 6.07) is -1.20. The molecule has 0 aromatic rings. The Balaban J connectivity index is 2.74. The molecule has 0 aromatic heterocycles. The van der Waals surface area contributed by atoms with Gasteiger partial charge >= 0.3 is 0 Å². The molecule has 1 unspecified atom stereocenters. The lowest BCUT2D eigenvalue weighted by Crippen LogP contribution is -2.45. The maximum absolute atomic E-state index is 10.9. The summed E-state index contributed by atoms with van der Waals surface area (Å²) < 4.78 is 0.375. The molecule has 0 bridgehead atoms. The van der Waals surface area contributed by atoms with Crippen molar-refractivity contribution in [3.05, 3.63) is 0 Å². The molecule has 7 nitrogen and oxygen atoms in total. The Morgan fingerprint density at radius 1 is 1.92 bits per heavy atom. The van der Waals surface area contributed by atoms with E-state index >= 15 is 0 Å². The molecule has 1 aliphatic heterocycles. The first-order valence-electron chi connectivity index (χ1n) is 2.68. The molecule has 0 saturated heterocycles. The number of amidine groups is 1. The summed E-state index contributed by atoms with van der Waals surface area (Å²) in [5.41, 5.74) is 5.19. The zero-order chi connectivity index (χ0) is 9.30. The van der Waals surface area contributed by atoms with Gasteiger partial charge < -0.3 is 5.73 Å². The van der Waals surface area contributed by atoms with Crippen LogP contribution in [0.1, 0.15) is 0 Å². The highest BCUT2D eigenvalue weighted by atomic mass is 35.5. The Hall–Kier alpha value is -0.760. The number of oxime groups is 1. The van der Waals surface area contributed by atoms with Gasteiger partial charge in [0, 0.05) is 23.6 Å². The van der Waals surface area contributed by atoms with Gasteiger partial charge in [-0.25, -0.2) is 0 Å². The topological polar surface area (TPSA) is 91.4 Å². The van der Waals surface area contributed by atoms with Crippen LogP contribution in [0.25, 0.3) is 0 Å². The number of hydroxylamine groups is 2. The smallest absolute Gasteiger partial charge is 0.291 e. The van der Waals surface area contributed by atoms with E-state index in [2.05, 4.69) is 10.1 Å². The van der Waals surface area contributed by atoms with Crippen LogP contribution in [0.2, 0.25) is 0 Å². The summed E-state index contributed by atoms with van der Waals surface area (Å²) in [6.07, 6.45) is 0. The van der Waals surface area contributed by atoms with Gasteiger partial charge in [-0.2, -0.15) is 0 Å². The normalized spacial score (nSPS) is 23.2. The number of nitrogens with two attached hydrogens (primary N) is 1. The van der Waals surface area contributed by atoms with Crippen molar-refractivity contribution in [3.63, 3.8) is 0 Å². The van der Waals surface area contributed by atoms with E-state index in [0.29, 0.717) is 4.58 Å². The molecule has 9 heteroatoms. The number of carbonyl (C=O) groups excluding carboxylic acids is 1. The third-order valence-corrected chi connectivity index (χ3v) is 1.55. The van der Waals surface area contributed by atoms with E-state index in [1.807, 2.05) is 0 Å². The van der Waals surface area contributed by atoms with E-state index in [-0.39, 0.29) is 10.4 Å². The summed E-state index contributed by atoms with van der Waals surface area (Å²) in [5, 5.41) is 11.7. The van der Waals surface area contributed by atoms with Crippen LogP contribution in [-0.4, -0.2) is 32.2 Å². The number of rotatable bonds is 1. The lowest BCUT2D eigenvalue weighted by atomic mass is 10.3. The van der Waals surface area contributed by atoms with E-state index in [1.165, 1.54) is 0 Å². The standard InChI is InChI=1S/C3H4Cl2N4O3/c4-8(11)3(10)1-2(6)7-12-9(1)5/h1,11H,(H2,6,7). The maximum Gasteiger partial charge on any atom is 0.291 e. The van der Waals surface area contributed by atoms with Gasteiger partial charge in [-0.15, -0.1) is 4.58 Å². The summed E-state index contributed by atoms with van der Waals surface area (Å²) >= 11 is 10.2.